The summed E-state index contributed by atoms with van der Waals surface area (Å²) in [5.74, 6) is -3.21. The van der Waals surface area contributed by atoms with Crippen LogP contribution in [0.25, 0.3) is 0 Å². The molecule has 0 heterocycles. The molecule has 0 saturated heterocycles. The van der Waals surface area contributed by atoms with Crippen LogP contribution in [0.3, 0.4) is 0 Å². The Bertz CT molecular complexity index is 298. The van der Waals surface area contributed by atoms with E-state index in [1.54, 1.807) is 0 Å². The Labute approximate surface area is 117 Å². The Kier molecular flexibility index (Phi) is 7.43. The number of hydrogen-bond acceptors (Lipinski definition) is 5. The van der Waals surface area contributed by atoms with Crippen molar-refractivity contribution in [3.05, 3.63) is 0 Å². The molecule has 0 aliphatic heterocycles. The van der Waals surface area contributed by atoms with E-state index in [0.29, 0.717) is 0 Å². The zero-order valence-corrected chi connectivity index (χ0v) is 10.7. The van der Waals surface area contributed by atoms with Gasteiger partial charge in [0, 0.05) is 0 Å². The van der Waals surface area contributed by atoms with Gasteiger partial charge in [-0.05, 0) is 0 Å². The van der Waals surface area contributed by atoms with Crippen LogP contribution in [0.2, 0.25) is 0 Å². The smallest absolute Gasteiger partial charge is 0.549 e. The van der Waals surface area contributed by atoms with E-state index >= 15 is 0 Å². The minimum atomic E-state index is -4.82. The maximum atomic E-state index is 10.2. The quantitative estimate of drug-likeness (QED) is 0.367. The summed E-state index contributed by atoms with van der Waals surface area (Å²) in [5.41, 5.74) is 4.52. The van der Waals surface area contributed by atoms with Crippen LogP contribution in [0, 0.1) is 0 Å². The molecule has 1 unspecified atom stereocenters. The van der Waals surface area contributed by atoms with Crippen molar-refractivity contribution >= 4 is 22.0 Å². The summed E-state index contributed by atoms with van der Waals surface area (Å²) in [6.45, 7) is 0. The number of aliphatic carboxylic acids is 1. The van der Waals surface area contributed by atoms with Gasteiger partial charge in [-0.1, -0.05) is 0 Å². The van der Waals surface area contributed by atoms with E-state index in [2.05, 4.69) is 5.73 Å². The average molecular weight is 235 g/mol. The molecule has 0 spiro atoms. The first-order valence-corrected chi connectivity index (χ1v) is 4.21. The SMILES string of the molecule is NC(=O)CC(C(=O)[O-])S(=O)(=O)O.[K+]. The molecule has 1 atom stereocenters. The Hall–Kier alpha value is 0.486. The van der Waals surface area contributed by atoms with Gasteiger partial charge in [0.05, 0.1) is 12.4 Å². The first-order chi connectivity index (χ1) is 5.25. The van der Waals surface area contributed by atoms with Gasteiger partial charge < -0.3 is 15.6 Å². The van der Waals surface area contributed by atoms with Crippen molar-refractivity contribution in [1.29, 1.82) is 0 Å². The molecule has 7 nitrogen and oxygen atoms in total. The van der Waals surface area contributed by atoms with Gasteiger partial charge in [-0.2, -0.15) is 8.42 Å². The second-order valence-electron chi connectivity index (χ2n) is 1.99. The fourth-order valence-corrected chi connectivity index (χ4v) is 1.11. The number of primary amides is 1. The number of carboxylic acid groups (broad SMARTS) is 1. The van der Waals surface area contributed by atoms with Gasteiger partial charge in [-0.3, -0.25) is 9.35 Å². The van der Waals surface area contributed by atoms with Crippen LogP contribution < -0.4 is 62.2 Å². The van der Waals surface area contributed by atoms with Crippen molar-refractivity contribution in [2.24, 2.45) is 5.73 Å². The molecule has 9 heteroatoms. The van der Waals surface area contributed by atoms with Gasteiger partial charge in [-0.25, -0.2) is 0 Å². The van der Waals surface area contributed by atoms with Crippen LogP contribution in [-0.4, -0.2) is 30.1 Å². The third kappa shape index (κ3) is 6.54. The minimum Gasteiger partial charge on any atom is -0.549 e. The van der Waals surface area contributed by atoms with Crippen LogP contribution in [0.15, 0.2) is 0 Å². The molecule has 0 rings (SSSR count). The monoisotopic (exact) mass is 235 g/mol. The second-order valence-corrected chi connectivity index (χ2v) is 3.59. The molecule has 0 bridgehead atoms. The number of hydrogen-bond donors (Lipinski definition) is 2. The van der Waals surface area contributed by atoms with Crippen molar-refractivity contribution in [2.75, 3.05) is 0 Å². The normalized spacial score (nSPS) is 12.7. The van der Waals surface area contributed by atoms with Gasteiger partial charge in [0.15, 0.2) is 0 Å². The van der Waals surface area contributed by atoms with E-state index in [1.807, 2.05) is 0 Å². The fourth-order valence-electron chi connectivity index (χ4n) is 0.493. The first kappa shape index (κ1) is 15.9. The van der Waals surface area contributed by atoms with E-state index < -0.39 is 33.7 Å². The molecule has 3 N–H and O–H groups in total. The van der Waals surface area contributed by atoms with Crippen LogP contribution in [0.5, 0.6) is 0 Å². The Morgan fingerprint density at radius 2 is 1.85 bits per heavy atom. The predicted molar refractivity (Wildman–Crippen MR) is 34.2 cm³/mol. The molecular formula is C4H6KNO6S. The van der Waals surface area contributed by atoms with E-state index in [4.69, 9.17) is 4.55 Å². The molecule has 0 fully saturated rings. The molecule has 70 valence electrons. The molecule has 0 saturated carbocycles. The summed E-state index contributed by atoms with van der Waals surface area (Å²) in [6, 6.07) is 0. The molecule has 0 aliphatic carbocycles. The van der Waals surface area contributed by atoms with E-state index in [0.717, 1.165) is 0 Å². The van der Waals surface area contributed by atoms with Crippen molar-refractivity contribution in [3.63, 3.8) is 0 Å². The van der Waals surface area contributed by atoms with Crippen molar-refractivity contribution in [2.45, 2.75) is 11.7 Å². The largest absolute Gasteiger partial charge is 1.00 e. The summed E-state index contributed by atoms with van der Waals surface area (Å²) in [5, 5.41) is 7.74. The molecule has 0 aromatic rings. The topological polar surface area (TPSA) is 138 Å². The molecule has 0 aromatic heterocycles. The maximum absolute atomic E-state index is 10.2. The summed E-state index contributed by atoms with van der Waals surface area (Å²) in [7, 11) is -4.82. The Morgan fingerprint density at radius 1 is 1.46 bits per heavy atom. The second kappa shape index (κ2) is 6.06. The van der Waals surface area contributed by atoms with Gasteiger partial charge >= 0.3 is 51.4 Å². The fraction of sp³-hybridized carbons (Fsp3) is 0.500. The third-order valence-electron chi connectivity index (χ3n) is 1.01. The summed E-state index contributed by atoms with van der Waals surface area (Å²) in [4.78, 5) is 20.1. The number of amides is 1. The summed E-state index contributed by atoms with van der Waals surface area (Å²) >= 11 is 0. The number of carbonyl (C=O) groups excluding carboxylic acids is 2. The van der Waals surface area contributed by atoms with Crippen LogP contribution in [0.4, 0.5) is 0 Å². The molecule has 0 aromatic carbocycles. The maximum Gasteiger partial charge on any atom is 1.00 e. The third-order valence-corrected chi connectivity index (χ3v) is 2.09. The van der Waals surface area contributed by atoms with E-state index in [9.17, 15) is 23.1 Å². The Morgan fingerprint density at radius 3 is 1.92 bits per heavy atom. The molecule has 0 aliphatic rings. The van der Waals surface area contributed by atoms with Gasteiger partial charge in [0.25, 0.3) is 10.1 Å². The van der Waals surface area contributed by atoms with Crippen LogP contribution >= 0.6 is 0 Å². The zero-order chi connectivity index (χ0) is 9.94. The number of carboxylic acids is 1. The van der Waals surface area contributed by atoms with Crippen LogP contribution in [-0.2, 0) is 19.7 Å². The Balaban J connectivity index is 0. The van der Waals surface area contributed by atoms with Crippen LogP contribution in [0.1, 0.15) is 6.42 Å². The zero-order valence-electron chi connectivity index (χ0n) is 6.76. The molecule has 1 amide bonds. The van der Waals surface area contributed by atoms with Gasteiger partial charge in [0.2, 0.25) is 5.91 Å². The van der Waals surface area contributed by atoms with E-state index in [-0.39, 0.29) is 51.4 Å². The summed E-state index contributed by atoms with van der Waals surface area (Å²) < 4.78 is 28.7. The van der Waals surface area contributed by atoms with Crippen molar-refractivity contribution in [3.8, 4) is 0 Å². The number of rotatable bonds is 4. The van der Waals surface area contributed by atoms with E-state index in [1.165, 1.54) is 0 Å². The standard InChI is InChI=1S/C4H7NO6S.K/c5-3(6)1-2(4(7)8)12(9,10)11;/h2H,1H2,(H2,5,6)(H,7,8)(H,9,10,11);/q;+1/p-1. The first-order valence-electron chi connectivity index (χ1n) is 2.70. The molecule has 13 heavy (non-hydrogen) atoms. The van der Waals surface area contributed by atoms with Crippen molar-refractivity contribution in [1.82, 2.24) is 0 Å². The summed E-state index contributed by atoms with van der Waals surface area (Å²) in [6.07, 6.45) is -0.999. The minimum absolute atomic E-state index is 0. The number of nitrogens with two attached hydrogens (primary N) is 1. The van der Waals surface area contributed by atoms with Gasteiger partial charge in [-0.15, -0.1) is 0 Å². The van der Waals surface area contributed by atoms with Gasteiger partial charge in [0.1, 0.15) is 5.25 Å². The predicted octanol–water partition coefficient (Wildman–Crippen LogP) is -6.13. The number of carbonyl (C=O) groups is 2. The molecule has 0 radical (unpaired) electrons. The average Bonchev–Trinajstić information content (AvgIpc) is 1.79. The van der Waals surface area contributed by atoms with Crippen molar-refractivity contribution < 1.29 is 79.1 Å². The molecular weight excluding hydrogens is 229 g/mol.